The Balaban J connectivity index is 1.71. The van der Waals surface area contributed by atoms with Crippen LogP contribution in [0.4, 0.5) is 0 Å². The molecule has 1 unspecified atom stereocenters. The first kappa shape index (κ1) is 28.0. The summed E-state index contributed by atoms with van der Waals surface area (Å²) in [7, 11) is 1.49. The number of aliphatic hydroxyl groups excluding tert-OH is 3. The van der Waals surface area contributed by atoms with E-state index in [0.717, 1.165) is 12.0 Å². The zero-order valence-electron chi connectivity index (χ0n) is 22.7. The van der Waals surface area contributed by atoms with E-state index < -0.39 is 45.9 Å². The number of oxime groups is 1. The second kappa shape index (κ2) is 9.02. The van der Waals surface area contributed by atoms with E-state index in [-0.39, 0.29) is 24.2 Å². The molecule has 8 heteroatoms. The van der Waals surface area contributed by atoms with E-state index in [9.17, 15) is 30.6 Å². The minimum Gasteiger partial charge on any atom is -0.399 e. The number of rotatable bonds is 6. The molecule has 3 fully saturated rings. The Morgan fingerprint density at radius 3 is 2.36 bits per heavy atom. The average molecular weight is 510 g/mol. The van der Waals surface area contributed by atoms with Crippen LogP contribution in [0.1, 0.15) is 86.0 Å². The van der Waals surface area contributed by atoms with Gasteiger partial charge in [-0.2, -0.15) is 0 Å². The van der Waals surface area contributed by atoms with Gasteiger partial charge in [-0.1, -0.05) is 19.0 Å². The third-order valence-corrected chi connectivity index (χ3v) is 10.7. The second-order valence-corrected chi connectivity index (χ2v) is 13.5. The van der Waals surface area contributed by atoms with Crippen LogP contribution in [-0.4, -0.2) is 78.6 Å². The first-order valence-corrected chi connectivity index (χ1v) is 13.6. The van der Waals surface area contributed by atoms with Crippen LogP contribution in [0.3, 0.4) is 0 Å². The van der Waals surface area contributed by atoms with Crippen molar-refractivity contribution in [1.29, 1.82) is 0 Å². The highest BCUT2D eigenvalue weighted by molar-refractivity contribution is 5.99. The first-order chi connectivity index (χ1) is 16.5. The van der Waals surface area contributed by atoms with E-state index >= 15 is 0 Å². The van der Waals surface area contributed by atoms with Gasteiger partial charge in [0, 0.05) is 11.3 Å². The van der Waals surface area contributed by atoms with Crippen LogP contribution >= 0.6 is 0 Å². The summed E-state index contributed by atoms with van der Waals surface area (Å²) in [6.45, 7) is 9.20. The van der Waals surface area contributed by atoms with E-state index in [1.54, 1.807) is 20.8 Å². The summed E-state index contributed by atoms with van der Waals surface area (Å²) in [5, 5.41) is 70.6. The molecule has 4 rings (SSSR count). The fraction of sp³-hybridized carbons (Fsp3) is 0.893. The number of allylic oxidation sites excluding steroid dienone is 1. The van der Waals surface area contributed by atoms with E-state index in [4.69, 9.17) is 4.84 Å². The third-order valence-electron chi connectivity index (χ3n) is 10.7. The van der Waals surface area contributed by atoms with Crippen LogP contribution in [0.25, 0.3) is 0 Å². The second-order valence-electron chi connectivity index (χ2n) is 13.5. The molecule has 8 nitrogen and oxygen atoms in total. The lowest BCUT2D eigenvalue weighted by molar-refractivity contribution is -0.172. The molecule has 4 aliphatic rings. The molecule has 6 N–H and O–H groups in total. The largest absolute Gasteiger partial charge is 0.399 e. The lowest BCUT2D eigenvalue weighted by Gasteiger charge is -2.61. The van der Waals surface area contributed by atoms with Crippen molar-refractivity contribution in [2.45, 2.75) is 121 Å². The molecule has 0 aromatic carbocycles. The number of hydrogen-bond donors (Lipinski definition) is 6. The van der Waals surface area contributed by atoms with Crippen LogP contribution < -0.4 is 0 Å². The van der Waals surface area contributed by atoms with Gasteiger partial charge in [0.2, 0.25) is 0 Å². The van der Waals surface area contributed by atoms with Crippen LogP contribution in [0.2, 0.25) is 0 Å². The van der Waals surface area contributed by atoms with Crippen molar-refractivity contribution < 1.29 is 35.5 Å². The normalized spacial score (nSPS) is 46.3. The van der Waals surface area contributed by atoms with Crippen molar-refractivity contribution in [1.82, 2.24) is 0 Å². The molecule has 36 heavy (non-hydrogen) atoms. The highest BCUT2D eigenvalue weighted by atomic mass is 16.6. The summed E-state index contributed by atoms with van der Waals surface area (Å²) in [6.07, 6.45) is 3.13. The maximum absolute atomic E-state index is 12.4. The van der Waals surface area contributed by atoms with Gasteiger partial charge in [0.1, 0.15) is 7.11 Å². The predicted molar refractivity (Wildman–Crippen MR) is 136 cm³/mol. The molecular formula is C28H47NO7. The lowest BCUT2D eigenvalue weighted by Crippen LogP contribution is -2.62. The molecule has 206 valence electrons. The minimum absolute atomic E-state index is 0.00217. The molecule has 0 aliphatic heterocycles. The van der Waals surface area contributed by atoms with Crippen molar-refractivity contribution in [3.05, 3.63) is 11.6 Å². The Morgan fingerprint density at radius 2 is 1.75 bits per heavy atom. The standard InChI is InChI=1S/C28H47NO7/c1-24(2,33)10-9-23(32)27(5,34)22-8-12-28(35)17-13-19(29-36-6)18-14-20(30)21(31)15-25(18,3)16(17)7-11-26(22,28)4/h13,16,18,20-23,30-35H,7-12,14-15H2,1-6H3/b29-19+/t16?,18-,20+,21-,22-,23+,25+,26+,27+,28+/m0/s1. The number of fused-ring (bicyclic) bond motifs is 5. The summed E-state index contributed by atoms with van der Waals surface area (Å²) in [5.74, 6) is -0.440. The molecule has 0 radical (unpaired) electrons. The molecule has 0 aromatic rings. The van der Waals surface area contributed by atoms with Crippen LogP contribution in [-0.2, 0) is 4.84 Å². The van der Waals surface area contributed by atoms with Gasteiger partial charge in [0.25, 0.3) is 0 Å². The fourth-order valence-corrected chi connectivity index (χ4v) is 8.54. The third kappa shape index (κ3) is 4.16. The van der Waals surface area contributed by atoms with Gasteiger partial charge in [-0.25, -0.2) is 0 Å². The Labute approximate surface area is 215 Å². The predicted octanol–water partition coefficient (Wildman–Crippen LogP) is 2.29. The van der Waals surface area contributed by atoms with Gasteiger partial charge < -0.3 is 35.5 Å². The summed E-state index contributed by atoms with van der Waals surface area (Å²) >= 11 is 0. The van der Waals surface area contributed by atoms with Crippen molar-refractivity contribution in [3.8, 4) is 0 Å². The molecule has 10 atom stereocenters. The molecule has 0 aromatic heterocycles. The zero-order valence-corrected chi connectivity index (χ0v) is 22.7. The summed E-state index contributed by atoms with van der Waals surface area (Å²) in [4.78, 5) is 5.17. The number of hydrogen-bond acceptors (Lipinski definition) is 8. The Morgan fingerprint density at radius 1 is 1.08 bits per heavy atom. The van der Waals surface area contributed by atoms with Gasteiger partial charge in [-0.3, -0.25) is 0 Å². The molecule has 4 aliphatic carbocycles. The van der Waals surface area contributed by atoms with Crippen LogP contribution in [0.5, 0.6) is 0 Å². The first-order valence-electron chi connectivity index (χ1n) is 13.6. The van der Waals surface area contributed by atoms with Crippen molar-refractivity contribution in [3.63, 3.8) is 0 Å². The molecule has 0 heterocycles. The van der Waals surface area contributed by atoms with Crippen LogP contribution in [0.15, 0.2) is 16.8 Å². The van der Waals surface area contributed by atoms with Gasteiger partial charge in [-0.05, 0) is 101 Å². The molecule has 0 saturated heterocycles. The lowest BCUT2D eigenvalue weighted by atomic mass is 9.45. The van der Waals surface area contributed by atoms with Crippen molar-refractivity contribution in [2.75, 3.05) is 7.11 Å². The number of nitrogens with zero attached hydrogens (tertiary/aromatic N) is 1. The quantitative estimate of drug-likeness (QED) is 0.302. The summed E-state index contributed by atoms with van der Waals surface area (Å²) in [6, 6.07) is 0. The van der Waals surface area contributed by atoms with Crippen molar-refractivity contribution in [2.24, 2.45) is 33.7 Å². The maximum atomic E-state index is 12.4. The van der Waals surface area contributed by atoms with Gasteiger partial charge >= 0.3 is 0 Å². The fourth-order valence-electron chi connectivity index (χ4n) is 8.54. The topological polar surface area (TPSA) is 143 Å². The highest BCUT2D eigenvalue weighted by Crippen LogP contribution is 2.68. The molecule has 0 bridgehead atoms. The van der Waals surface area contributed by atoms with Gasteiger partial charge in [0.15, 0.2) is 0 Å². The monoisotopic (exact) mass is 509 g/mol. The molecule has 3 saturated carbocycles. The number of aliphatic hydroxyl groups is 6. The van der Waals surface area contributed by atoms with Gasteiger partial charge in [-0.15, -0.1) is 0 Å². The van der Waals surface area contributed by atoms with E-state index in [1.807, 2.05) is 13.0 Å². The van der Waals surface area contributed by atoms with E-state index in [1.165, 1.54) is 7.11 Å². The molecule has 0 amide bonds. The van der Waals surface area contributed by atoms with Crippen molar-refractivity contribution >= 4 is 5.71 Å². The SMILES string of the molecule is CO/N=C1\C=C2C(CC[C@]3(C)[C@@H]([C@@](C)(O)[C@H](O)CCC(C)(C)O)CC[C@@]23O)[C@@]2(C)C[C@H](O)[C@H](O)C[C@@H]12. The minimum atomic E-state index is -1.44. The summed E-state index contributed by atoms with van der Waals surface area (Å²) in [5.41, 5.74) is -3.11. The Hall–Kier alpha value is -1.03. The average Bonchev–Trinajstić information content (AvgIpc) is 3.05. The maximum Gasteiger partial charge on any atom is 0.106 e. The van der Waals surface area contributed by atoms with E-state index in [0.29, 0.717) is 44.2 Å². The summed E-state index contributed by atoms with van der Waals surface area (Å²) < 4.78 is 0. The van der Waals surface area contributed by atoms with E-state index in [2.05, 4.69) is 12.1 Å². The molecule has 0 spiro atoms. The zero-order chi connectivity index (χ0) is 26.9. The Bertz CT molecular complexity index is 910. The van der Waals surface area contributed by atoms with Crippen LogP contribution in [0, 0.1) is 28.6 Å². The Kier molecular flexibility index (Phi) is 7.02. The molecular weight excluding hydrogens is 462 g/mol. The smallest absolute Gasteiger partial charge is 0.106 e. The highest BCUT2D eigenvalue weighted by Gasteiger charge is 2.69. The van der Waals surface area contributed by atoms with Gasteiger partial charge in [0.05, 0.1) is 40.8 Å².